The van der Waals surface area contributed by atoms with Crippen LogP contribution in [0, 0.1) is 11.8 Å². The van der Waals surface area contributed by atoms with Gasteiger partial charge in [0.1, 0.15) is 12.3 Å². The van der Waals surface area contributed by atoms with E-state index < -0.39 is 0 Å². The van der Waals surface area contributed by atoms with Crippen LogP contribution in [-0.4, -0.2) is 28.6 Å². The number of carbonyl (C=O) groups is 1. The maximum atomic E-state index is 11.5. The number of amides is 1. The second-order valence-electron chi connectivity index (χ2n) is 3.52. The Balaban J connectivity index is 2.74. The summed E-state index contributed by atoms with van der Waals surface area (Å²) in [5.74, 6) is 5.02. The van der Waals surface area contributed by atoms with Crippen molar-refractivity contribution < 1.29 is 9.90 Å². The summed E-state index contributed by atoms with van der Waals surface area (Å²) in [6.07, 6.45) is 1.51. The Hall–Kier alpha value is -1.86. The monoisotopic (exact) mass is 218 g/mol. The summed E-state index contributed by atoms with van der Waals surface area (Å²) in [6, 6.07) is 3.40. The molecule has 0 aromatic carbocycles. The third-order valence-corrected chi connectivity index (χ3v) is 1.73. The molecule has 0 spiro atoms. The molecule has 1 heterocycles. The van der Waals surface area contributed by atoms with Crippen molar-refractivity contribution in [2.24, 2.45) is 0 Å². The number of aliphatic hydroxyl groups excluding tert-OH is 1. The fraction of sp³-hybridized carbons (Fsp3) is 0.333. The van der Waals surface area contributed by atoms with Crippen LogP contribution in [0.1, 0.15) is 29.9 Å². The fourth-order valence-corrected chi connectivity index (χ4v) is 1.08. The molecule has 1 aromatic heterocycles. The molecule has 2 N–H and O–H groups in total. The van der Waals surface area contributed by atoms with Crippen LogP contribution in [-0.2, 0) is 0 Å². The normalized spacial score (nSPS) is 9.50. The summed E-state index contributed by atoms with van der Waals surface area (Å²) in [4.78, 5) is 15.5. The highest BCUT2D eigenvalue weighted by atomic mass is 16.2. The van der Waals surface area contributed by atoms with Gasteiger partial charge in [0.15, 0.2) is 0 Å². The Kier molecular flexibility index (Phi) is 4.49. The molecule has 0 aliphatic carbocycles. The molecule has 84 valence electrons. The minimum absolute atomic E-state index is 0.0863. The molecular formula is C12H14N2O2. The van der Waals surface area contributed by atoms with Gasteiger partial charge in [0.2, 0.25) is 0 Å². The van der Waals surface area contributed by atoms with E-state index >= 15 is 0 Å². The first-order valence-electron chi connectivity index (χ1n) is 5.00. The van der Waals surface area contributed by atoms with E-state index in [-0.39, 0.29) is 18.6 Å². The van der Waals surface area contributed by atoms with Gasteiger partial charge in [-0.05, 0) is 26.0 Å². The summed E-state index contributed by atoms with van der Waals surface area (Å²) in [7, 11) is 0. The molecule has 1 amide bonds. The number of nitrogens with one attached hydrogen (secondary N) is 1. The summed E-state index contributed by atoms with van der Waals surface area (Å²) >= 11 is 0. The Morgan fingerprint density at radius 2 is 2.31 bits per heavy atom. The van der Waals surface area contributed by atoms with Gasteiger partial charge in [-0.1, -0.05) is 11.8 Å². The van der Waals surface area contributed by atoms with Crippen LogP contribution in [0.2, 0.25) is 0 Å². The fourth-order valence-electron chi connectivity index (χ4n) is 1.08. The zero-order valence-electron chi connectivity index (χ0n) is 9.32. The van der Waals surface area contributed by atoms with E-state index in [0.717, 1.165) is 0 Å². The summed E-state index contributed by atoms with van der Waals surface area (Å²) in [5.41, 5.74) is 1.04. The van der Waals surface area contributed by atoms with Crippen molar-refractivity contribution in [1.29, 1.82) is 0 Å². The summed E-state index contributed by atoms with van der Waals surface area (Å²) in [6.45, 7) is 3.59. The molecule has 0 aliphatic heterocycles. The van der Waals surface area contributed by atoms with E-state index in [1.807, 2.05) is 13.8 Å². The average Bonchev–Trinajstić information content (AvgIpc) is 2.26. The Bertz CT molecular complexity index is 413. The number of aliphatic hydroxyl groups is 1. The third-order valence-electron chi connectivity index (χ3n) is 1.73. The lowest BCUT2D eigenvalue weighted by Gasteiger charge is -2.06. The number of nitrogens with zero attached hydrogens (tertiary/aromatic N) is 1. The minimum Gasteiger partial charge on any atom is -0.384 e. The van der Waals surface area contributed by atoms with Crippen molar-refractivity contribution in [3.63, 3.8) is 0 Å². The van der Waals surface area contributed by atoms with Crippen LogP contribution in [0.3, 0.4) is 0 Å². The molecular weight excluding hydrogens is 204 g/mol. The lowest BCUT2D eigenvalue weighted by Crippen LogP contribution is -2.30. The van der Waals surface area contributed by atoms with Gasteiger partial charge in [-0.3, -0.25) is 4.79 Å². The highest BCUT2D eigenvalue weighted by Gasteiger charge is 2.07. The molecule has 4 nitrogen and oxygen atoms in total. The van der Waals surface area contributed by atoms with Crippen LogP contribution < -0.4 is 5.32 Å². The maximum Gasteiger partial charge on any atom is 0.270 e. The van der Waals surface area contributed by atoms with Gasteiger partial charge in [-0.15, -0.1) is 0 Å². The van der Waals surface area contributed by atoms with Gasteiger partial charge < -0.3 is 10.4 Å². The lowest BCUT2D eigenvalue weighted by molar-refractivity contribution is 0.0938. The van der Waals surface area contributed by atoms with Gasteiger partial charge in [0, 0.05) is 17.8 Å². The molecule has 0 radical (unpaired) electrons. The van der Waals surface area contributed by atoms with E-state index in [1.165, 1.54) is 6.20 Å². The summed E-state index contributed by atoms with van der Waals surface area (Å²) in [5, 5.41) is 11.3. The SMILES string of the molecule is CC(C)NC(=O)c1ccc(C#CCO)cn1. The van der Waals surface area contributed by atoms with Crippen LogP contribution in [0.4, 0.5) is 0 Å². The zero-order valence-corrected chi connectivity index (χ0v) is 9.32. The van der Waals surface area contributed by atoms with Gasteiger partial charge in [-0.25, -0.2) is 4.98 Å². The quantitative estimate of drug-likeness (QED) is 0.713. The average molecular weight is 218 g/mol. The number of rotatable bonds is 2. The Morgan fingerprint density at radius 1 is 1.56 bits per heavy atom. The van der Waals surface area contributed by atoms with Gasteiger partial charge in [0.25, 0.3) is 5.91 Å². The Labute approximate surface area is 94.7 Å². The molecule has 0 fully saturated rings. The Morgan fingerprint density at radius 3 is 2.81 bits per heavy atom. The minimum atomic E-state index is -0.198. The number of carbonyl (C=O) groups excluding carboxylic acids is 1. The largest absolute Gasteiger partial charge is 0.384 e. The lowest BCUT2D eigenvalue weighted by atomic mass is 10.2. The van der Waals surface area contributed by atoms with Crippen LogP contribution in [0.5, 0.6) is 0 Å². The van der Waals surface area contributed by atoms with Crippen molar-refractivity contribution in [3.8, 4) is 11.8 Å². The highest BCUT2D eigenvalue weighted by Crippen LogP contribution is 1.99. The second kappa shape index (κ2) is 5.89. The molecule has 0 bridgehead atoms. The van der Waals surface area contributed by atoms with E-state index in [9.17, 15) is 4.79 Å². The first-order chi connectivity index (χ1) is 7.63. The first kappa shape index (κ1) is 12.2. The zero-order chi connectivity index (χ0) is 12.0. The maximum absolute atomic E-state index is 11.5. The molecule has 1 rings (SSSR count). The van der Waals surface area contributed by atoms with Gasteiger partial charge >= 0.3 is 0 Å². The van der Waals surface area contributed by atoms with Crippen molar-refractivity contribution >= 4 is 5.91 Å². The highest BCUT2D eigenvalue weighted by molar-refractivity contribution is 5.92. The van der Waals surface area contributed by atoms with Crippen molar-refractivity contribution in [2.45, 2.75) is 19.9 Å². The molecule has 0 unspecified atom stereocenters. The van der Waals surface area contributed by atoms with Crippen molar-refractivity contribution in [3.05, 3.63) is 29.6 Å². The second-order valence-corrected chi connectivity index (χ2v) is 3.52. The predicted octanol–water partition coefficient (Wildman–Crippen LogP) is 0.564. The smallest absolute Gasteiger partial charge is 0.270 e. The number of hydrogen-bond acceptors (Lipinski definition) is 3. The van der Waals surface area contributed by atoms with Gasteiger partial charge in [0.05, 0.1) is 0 Å². The molecule has 0 saturated heterocycles. The van der Waals surface area contributed by atoms with E-state index in [2.05, 4.69) is 22.1 Å². The van der Waals surface area contributed by atoms with E-state index in [1.54, 1.807) is 12.1 Å². The molecule has 0 atom stereocenters. The van der Waals surface area contributed by atoms with Crippen LogP contribution in [0.25, 0.3) is 0 Å². The molecule has 1 aromatic rings. The number of aromatic nitrogens is 1. The molecule has 4 heteroatoms. The van der Waals surface area contributed by atoms with Crippen molar-refractivity contribution in [1.82, 2.24) is 10.3 Å². The van der Waals surface area contributed by atoms with Crippen LogP contribution in [0.15, 0.2) is 18.3 Å². The molecule has 16 heavy (non-hydrogen) atoms. The van der Waals surface area contributed by atoms with E-state index in [0.29, 0.717) is 11.3 Å². The van der Waals surface area contributed by atoms with E-state index in [4.69, 9.17) is 5.11 Å². The topological polar surface area (TPSA) is 62.2 Å². The number of hydrogen-bond donors (Lipinski definition) is 2. The van der Waals surface area contributed by atoms with Gasteiger partial charge in [-0.2, -0.15) is 0 Å². The number of pyridine rings is 1. The standard InChI is InChI=1S/C12H14N2O2/c1-9(2)14-12(16)11-6-5-10(8-13-11)4-3-7-15/h5-6,8-9,15H,7H2,1-2H3,(H,14,16). The predicted molar refractivity (Wildman–Crippen MR) is 60.8 cm³/mol. The molecule has 0 aliphatic rings. The van der Waals surface area contributed by atoms with Crippen molar-refractivity contribution in [2.75, 3.05) is 6.61 Å². The van der Waals surface area contributed by atoms with Crippen LogP contribution >= 0.6 is 0 Å². The third kappa shape index (κ3) is 3.71. The summed E-state index contributed by atoms with van der Waals surface area (Å²) < 4.78 is 0. The molecule has 0 saturated carbocycles. The first-order valence-corrected chi connectivity index (χ1v) is 5.00.